The first-order valence-electron chi connectivity index (χ1n) is 4.20. The van der Waals surface area contributed by atoms with Gasteiger partial charge in [0.15, 0.2) is 0 Å². The highest BCUT2D eigenvalue weighted by molar-refractivity contribution is 5.75. The van der Waals surface area contributed by atoms with Gasteiger partial charge in [0.05, 0.1) is 12.0 Å². The van der Waals surface area contributed by atoms with Crippen molar-refractivity contribution in [3.8, 4) is 0 Å². The predicted octanol–water partition coefficient (Wildman–Crippen LogP) is 1.61. The van der Waals surface area contributed by atoms with Gasteiger partial charge in [-0.1, -0.05) is 6.92 Å². The fourth-order valence-electron chi connectivity index (χ4n) is 0.557. The van der Waals surface area contributed by atoms with Gasteiger partial charge in [0.1, 0.15) is 6.61 Å². The van der Waals surface area contributed by atoms with Gasteiger partial charge < -0.3 is 9.47 Å². The lowest BCUT2D eigenvalue weighted by atomic mass is 9.91. The highest BCUT2D eigenvalue weighted by Gasteiger charge is 2.26. The van der Waals surface area contributed by atoms with E-state index in [9.17, 15) is 4.79 Å². The van der Waals surface area contributed by atoms with Crippen LogP contribution >= 0.6 is 0 Å². The summed E-state index contributed by atoms with van der Waals surface area (Å²) in [5.41, 5.74) is -0.367. The number of methoxy groups -OCH3 is 1. The second-order valence-electron chi connectivity index (χ2n) is 3.37. The lowest BCUT2D eigenvalue weighted by Crippen LogP contribution is -2.26. The molecule has 0 saturated heterocycles. The number of ether oxygens (including phenoxy) is 2. The zero-order valence-corrected chi connectivity index (χ0v) is 8.35. The molecule has 0 aromatic carbocycles. The summed E-state index contributed by atoms with van der Waals surface area (Å²) in [6.45, 7) is 6.53. The minimum Gasteiger partial charge on any atom is -0.463 e. The first kappa shape index (κ1) is 11.4. The van der Waals surface area contributed by atoms with E-state index in [0.717, 1.165) is 6.42 Å². The Kier molecular flexibility index (Phi) is 4.90. The molecule has 3 nitrogen and oxygen atoms in total. The van der Waals surface area contributed by atoms with Gasteiger partial charge in [0.25, 0.3) is 0 Å². The van der Waals surface area contributed by atoms with Gasteiger partial charge in [0, 0.05) is 7.11 Å². The third-order valence-corrected chi connectivity index (χ3v) is 1.96. The van der Waals surface area contributed by atoms with Gasteiger partial charge in [-0.05, 0) is 20.3 Å². The van der Waals surface area contributed by atoms with Crippen LogP contribution in [0.25, 0.3) is 0 Å². The zero-order valence-electron chi connectivity index (χ0n) is 8.35. The average Bonchev–Trinajstić information content (AvgIpc) is 2.05. The molecule has 3 heteroatoms. The number of hydrogen-bond donors (Lipinski definition) is 0. The number of carbonyl (C=O) groups is 1. The molecule has 0 amide bonds. The molecule has 0 rings (SSSR count). The molecular formula is C9H18O3. The minimum absolute atomic E-state index is 0.151. The Balaban J connectivity index is 3.72. The van der Waals surface area contributed by atoms with Crippen molar-refractivity contribution in [2.75, 3.05) is 20.3 Å². The Morgan fingerprint density at radius 1 is 1.33 bits per heavy atom. The maximum Gasteiger partial charge on any atom is 0.311 e. The van der Waals surface area contributed by atoms with Crippen molar-refractivity contribution in [1.29, 1.82) is 0 Å². The maximum absolute atomic E-state index is 11.3. The van der Waals surface area contributed by atoms with E-state index in [4.69, 9.17) is 9.47 Å². The van der Waals surface area contributed by atoms with Gasteiger partial charge in [-0.2, -0.15) is 0 Å². The van der Waals surface area contributed by atoms with Crippen molar-refractivity contribution in [3.63, 3.8) is 0 Å². The first-order valence-corrected chi connectivity index (χ1v) is 4.20. The minimum atomic E-state index is -0.367. The second kappa shape index (κ2) is 5.14. The molecule has 0 bridgehead atoms. The molecule has 0 aliphatic rings. The van der Waals surface area contributed by atoms with E-state index in [1.807, 2.05) is 20.8 Å². The molecule has 0 heterocycles. The lowest BCUT2D eigenvalue weighted by Gasteiger charge is -2.19. The zero-order chi connectivity index (χ0) is 9.61. The topological polar surface area (TPSA) is 35.5 Å². The van der Waals surface area contributed by atoms with Crippen LogP contribution in [-0.2, 0) is 14.3 Å². The molecule has 0 radical (unpaired) electrons. The first-order chi connectivity index (χ1) is 5.54. The van der Waals surface area contributed by atoms with Crippen LogP contribution in [0.5, 0.6) is 0 Å². The summed E-state index contributed by atoms with van der Waals surface area (Å²) in [6.07, 6.45) is 0.790. The van der Waals surface area contributed by atoms with Crippen LogP contribution in [0.2, 0.25) is 0 Å². The highest BCUT2D eigenvalue weighted by Crippen LogP contribution is 2.21. The average molecular weight is 174 g/mol. The van der Waals surface area contributed by atoms with E-state index in [1.54, 1.807) is 7.11 Å². The molecule has 0 N–H and O–H groups in total. The van der Waals surface area contributed by atoms with E-state index < -0.39 is 0 Å². The summed E-state index contributed by atoms with van der Waals surface area (Å²) < 4.78 is 9.74. The lowest BCUT2D eigenvalue weighted by molar-refractivity contribution is -0.155. The van der Waals surface area contributed by atoms with Crippen LogP contribution in [0.4, 0.5) is 0 Å². The molecule has 0 unspecified atom stereocenters. The molecule has 0 aromatic rings. The standard InChI is InChI=1S/C9H18O3/c1-5-9(2,3)8(10)12-7-6-11-4/h5-7H2,1-4H3. The van der Waals surface area contributed by atoms with Crippen LogP contribution in [0, 0.1) is 5.41 Å². The van der Waals surface area contributed by atoms with Crippen LogP contribution < -0.4 is 0 Å². The normalized spacial score (nSPS) is 11.3. The van der Waals surface area contributed by atoms with Crippen LogP contribution in [0.3, 0.4) is 0 Å². The fraction of sp³-hybridized carbons (Fsp3) is 0.889. The molecule has 0 aromatic heterocycles. The summed E-state index contributed by atoms with van der Waals surface area (Å²) in [4.78, 5) is 11.3. The largest absolute Gasteiger partial charge is 0.463 e. The van der Waals surface area contributed by atoms with Crippen molar-refractivity contribution in [2.24, 2.45) is 5.41 Å². The molecule has 72 valence electrons. The molecule has 0 aliphatic carbocycles. The van der Waals surface area contributed by atoms with Crippen LogP contribution in [0.1, 0.15) is 27.2 Å². The monoisotopic (exact) mass is 174 g/mol. The van der Waals surface area contributed by atoms with E-state index in [-0.39, 0.29) is 11.4 Å². The van der Waals surface area contributed by atoms with E-state index in [1.165, 1.54) is 0 Å². The Bertz CT molecular complexity index is 141. The maximum atomic E-state index is 11.3. The molecule has 0 aliphatic heterocycles. The molecule has 0 spiro atoms. The Hall–Kier alpha value is -0.570. The number of hydrogen-bond acceptors (Lipinski definition) is 3. The van der Waals surface area contributed by atoms with Gasteiger partial charge >= 0.3 is 5.97 Å². The van der Waals surface area contributed by atoms with Gasteiger partial charge in [-0.3, -0.25) is 4.79 Å². The van der Waals surface area contributed by atoms with Crippen LogP contribution in [-0.4, -0.2) is 26.3 Å². The van der Waals surface area contributed by atoms with E-state index in [0.29, 0.717) is 13.2 Å². The van der Waals surface area contributed by atoms with Crippen molar-refractivity contribution < 1.29 is 14.3 Å². The third-order valence-electron chi connectivity index (χ3n) is 1.96. The molecule has 0 fully saturated rings. The summed E-state index contributed by atoms with van der Waals surface area (Å²) in [6, 6.07) is 0. The summed E-state index contributed by atoms with van der Waals surface area (Å²) in [5.74, 6) is -0.151. The molecular weight excluding hydrogens is 156 g/mol. The van der Waals surface area contributed by atoms with Crippen molar-refractivity contribution in [3.05, 3.63) is 0 Å². The summed E-state index contributed by atoms with van der Waals surface area (Å²) >= 11 is 0. The SMILES string of the molecule is CCC(C)(C)C(=O)OCCOC. The van der Waals surface area contributed by atoms with Gasteiger partial charge in [-0.25, -0.2) is 0 Å². The highest BCUT2D eigenvalue weighted by atomic mass is 16.6. The Morgan fingerprint density at radius 2 is 1.92 bits per heavy atom. The molecule has 0 saturated carbocycles. The Morgan fingerprint density at radius 3 is 2.33 bits per heavy atom. The smallest absolute Gasteiger partial charge is 0.311 e. The van der Waals surface area contributed by atoms with Crippen molar-refractivity contribution in [1.82, 2.24) is 0 Å². The van der Waals surface area contributed by atoms with Crippen molar-refractivity contribution in [2.45, 2.75) is 27.2 Å². The second-order valence-corrected chi connectivity index (χ2v) is 3.37. The fourth-order valence-corrected chi connectivity index (χ4v) is 0.557. The van der Waals surface area contributed by atoms with Gasteiger partial charge in [-0.15, -0.1) is 0 Å². The Labute approximate surface area is 74.0 Å². The number of rotatable bonds is 5. The van der Waals surface area contributed by atoms with E-state index in [2.05, 4.69) is 0 Å². The summed E-state index contributed by atoms with van der Waals surface area (Å²) in [7, 11) is 1.58. The predicted molar refractivity (Wildman–Crippen MR) is 46.9 cm³/mol. The van der Waals surface area contributed by atoms with Gasteiger partial charge in [0.2, 0.25) is 0 Å². The molecule has 12 heavy (non-hydrogen) atoms. The third kappa shape index (κ3) is 3.72. The number of carbonyl (C=O) groups excluding carboxylic acids is 1. The quantitative estimate of drug-likeness (QED) is 0.469. The number of esters is 1. The molecule has 0 atom stereocenters. The van der Waals surface area contributed by atoms with E-state index >= 15 is 0 Å². The van der Waals surface area contributed by atoms with Crippen LogP contribution in [0.15, 0.2) is 0 Å². The van der Waals surface area contributed by atoms with Crippen molar-refractivity contribution >= 4 is 5.97 Å². The summed E-state index contributed by atoms with van der Waals surface area (Å²) in [5, 5.41) is 0.